The van der Waals surface area contributed by atoms with E-state index in [1.165, 1.54) is 5.56 Å². The SMILES string of the molecule is Cc1[nH]ncc1C1CCN(C2CCN(c3ccc(C#N)cc3)C2=O)CC1. The Kier molecular flexibility index (Phi) is 4.48. The summed E-state index contributed by atoms with van der Waals surface area (Å²) in [5.41, 5.74) is 3.99. The van der Waals surface area contributed by atoms with E-state index < -0.39 is 0 Å². The number of carbonyl (C=O) groups is 1. The summed E-state index contributed by atoms with van der Waals surface area (Å²) < 4.78 is 0. The van der Waals surface area contributed by atoms with Crippen molar-refractivity contribution in [2.24, 2.45) is 0 Å². The van der Waals surface area contributed by atoms with Crippen molar-refractivity contribution in [2.45, 2.75) is 38.1 Å². The van der Waals surface area contributed by atoms with Crippen LogP contribution in [0.3, 0.4) is 0 Å². The number of nitrogens with zero attached hydrogens (tertiary/aromatic N) is 4. The van der Waals surface area contributed by atoms with Crippen molar-refractivity contribution in [3.8, 4) is 6.07 Å². The Bertz CT molecular complexity index is 827. The standard InChI is InChI=1S/C20H23N5O/c1-14-18(13-22-23-14)16-6-9-24(10-7-16)19-8-11-25(20(19)26)17-4-2-15(12-21)3-5-17/h2-5,13,16,19H,6-11H2,1H3,(H,22,23). The Morgan fingerprint density at radius 1 is 1.15 bits per heavy atom. The molecule has 1 aromatic carbocycles. The monoisotopic (exact) mass is 349 g/mol. The number of hydrogen-bond donors (Lipinski definition) is 1. The lowest BCUT2D eigenvalue weighted by molar-refractivity contribution is -0.122. The van der Waals surface area contributed by atoms with Crippen LogP contribution >= 0.6 is 0 Å². The number of aromatic amines is 1. The summed E-state index contributed by atoms with van der Waals surface area (Å²) in [6.07, 6.45) is 4.96. The minimum absolute atomic E-state index is 0.0166. The molecule has 2 aliphatic heterocycles. The summed E-state index contributed by atoms with van der Waals surface area (Å²) in [5, 5.41) is 16.1. The molecule has 1 unspecified atom stereocenters. The molecule has 0 bridgehead atoms. The topological polar surface area (TPSA) is 76.0 Å². The van der Waals surface area contributed by atoms with Crippen molar-refractivity contribution in [1.82, 2.24) is 15.1 Å². The van der Waals surface area contributed by atoms with Gasteiger partial charge in [-0.2, -0.15) is 10.4 Å². The lowest BCUT2D eigenvalue weighted by Crippen LogP contribution is -2.45. The molecular weight excluding hydrogens is 326 g/mol. The number of rotatable bonds is 3. The molecule has 4 rings (SSSR count). The molecule has 3 heterocycles. The first kappa shape index (κ1) is 16.8. The highest BCUT2D eigenvalue weighted by Crippen LogP contribution is 2.32. The largest absolute Gasteiger partial charge is 0.311 e. The lowest BCUT2D eigenvalue weighted by atomic mass is 9.89. The minimum Gasteiger partial charge on any atom is -0.311 e. The quantitative estimate of drug-likeness (QED) is 0.924. The molecule has 1 aromatic heterocycles. The van der Waals surface area contributed by atoms with Crippen LogP contribution in [0.2, 0.25) is 0 Å². The van der Waals surface area contributed by atoms with E-state index >= 15 is 0 Å². The fraction of sp³-hybridized carbons (Fsp3) is 0.450. The minimum atomic E-state index is -0.0166. The summed E-state index contributed by atoms with van der Waals surface area (Å²) >= 11 is 0. The van der Waals surface area contributed by atoms with Gasteiger partial charge in [-0.15, -0.1) is 0 Å². The third-order valence-electron chi connectivity index (χ3n) is 5.76. The van der Waals surface area contributed by atoms with Gasteiger partial charge in [0.05, 0.1) is 23.9 Å². The summed E-state index contributed by atoms with van der Waals surface area (Å²) in [5.74, 6) is 0.726. The van der Waals surface area contributed by atoms with Crippen LogP contribution in [0, 0.1) is 18.3 Å². The Morgan fingerprint density at radius 2 is 1.88 bits per heavy atom. The second kappa shape index (κ2) is 6.93. The van der Waals surface area contributed by atoms with Gasteiger partial charge in [-0.05, 0) is 75.0 Å². The van der Waals surface area contributed by atoms with Crippen LogP contribution < -0.4 is 4.90 Å². The number of aromatic nitrogens is 2. The molecule has 2 aliphatic rings. The molecule has 0 saturated carbocycles. The average molecular weight is 349 g/mol. The zero-order valence-electron chi connectivity index (χ0n) is 15.0. The van der Waals surface area contributed by atoms with Crippen molar-refractivity contribution in [2.75, 3.05) is 24.5 Å². The van der Waals surface area contributed by atoms with Crippen LogP contribution in [0.4, 0.5) is 5.69 Å². The van der Waals surface area contributed by atoms with Crippen LogP contribution in [0.5, 0.6) is 0 Å². The van der Waals surface area contributed by atoms with Gasteiger partial charge >= 0.3 is 0 Å². The number of hydrogen-bond acceptors (Lipinski definition) is 4. The number of piperidine rings is 1. The zero-order chi connectivity index (χ0) is 18.1. The maximum Gasteiger partial charge on any atom is 0.244 e. The predicted molar refractivity (Wildman–Crippen MR) is 98.8 cm³/mol. The number of anilines is 1. The first-order valence-corrected chi connectivity index (χ1v) is 9.23. The van der Waals surface area contributed by atoms with Crippen LogP contribution in [0.15, 0.2) is 30.5 Å². The maximum absolute atomic E-state index is 12.9. The van der Waals surface area contributed by atoms with Crippen molar-refractivity contribution in [3.05, 3.63) is 47.3 Å². The van der Waals surface area contributed by atoms with Crippen molar-refractivity contribution < 1.29 is 4.79 Å². The highest BCUT2D eigenvalue weighted by molar-refractivity contribution is 5.99. The zero-order valence-corrected chi connectivity index (χ0v) is 15.0. The van der Waals surface area contributed by atoms with Crippen molar-refractivity contribution in [3.63, 3.8) is 0 Å². The van der Waals surface area contributed by atoms with Crippen LogP contribution in [0.1, 0.15) is 42.0 Å². The van der Waals surface area contributed by atoms with Gasteiger partial charge in [0.25, 0.3) is 0 Å². The second-order valence-corrected chi connectivity index (χ2v) is 7.21. The molecule has 2 aromatic rings. The van der Waals surface area contributed by atoms with Gasteiger partial charge in [0.2, 0.25) is 5.91 Å². The number of aryl methyl sites for hydroxylation is 1. The van der Waals surface area contributed by atoms with Gasteiger partial charge in [-0.3, -0.25) is 14.8 Å². The predicted octanol–water partition coefficient (Wildman–Crippen LogP) is 2.57. The van der Waals surface area contributed by atoms with E-state index in [1.807, 2.05) is 23.2 Å². The fourth-order valence-electron chi connectivity index (χ4n) is 4.27. The van der Waals surface area contributed by atoms with Gasteiger partial charge in [-0.1, -0.05) is 0 Å². The van der Waals surface area contributed by atoms with E-state index in [0.29, 0.717) is 11.5 Å². The Balaban J connectivity index is 1.40. The van der Waals surface area contributed by atoms with Gasteiger partial charge in [-0.25, -0.2) is 0 Å². The molecule has 1 amide bonds. The normalized spacial score (nSPS) is 21.9. The van der Waals surface area contributed by atoms with E-state index in [-0.39, 0.29) is 11.9 Å². The molecule has 0 radical (unpaired) electrons. The summed E-state index contributed by atoms with van der Waals surface area (Å²) in [7, 11) is 0. The number of nitriles is 1. The van der Waals surface area contributed by atoms with E-state index in [1.54, 1.807) is 12.1 Å². The molecular formula is C20H23N5O. The lowest BCUT2D eigenvalue weighted by Gasteiger charge is -2.35. The van der Waals surface area contributed by atoms with Gasteiger partial charge < -0.3 is 4.90 Å². The molecule has 2 fully saturated rings. The van der Waals surface area contributed by atoms with Crippen molar-refractivity contribution in [1.29, 1.82) is 5.26 Å². The first-order valence-electron chi connectivity index (χ1n) is 9.23. The molecule has 2 saturated heterocycles. The highest BCUT2D eigenvalue weighted by atomic mass is 16.2. The molecule has 6 heteroatoms. The van der Waals surface area contributed by atoms with Crippen molar-refractivity contribution >= 4 is 11.6 Å². The van der Waals surface area contributed by atoms with E-state index in [0.717, 1.165) is 50.3 Å². The summed E-state index contributed by atoms with van der Waals surface area (Å²) in [4.78, 5) is 17.1. The molecule has 134 valence electrons. The number of H-pyrrole nitrogens is 1. The Morgan fingerprint density at radius 3 is 2.50 bits per heavy atom. The summed E-state index contributed by atoms with van der Waals surface area (Å²) in [6, 6.07) is 9.38. The van der Waals surface area contributed by atoms with Gasteiger partial charge in [0, 0.05) is 17.9 Å². The average Bonchev–Trinajstić information content (AvgIpc) is 3.28. The smallest absolute Gasteiger partial charge is 0.244 e. The van der Waals surface area contributed by atoms with Gasteiger partial charge in [0.15, 0.2) is 0 Å². The van der Waals surface area contributed by atoms with E-state index in [2.05, 4.69) is 28.1 Å². The third kappa shape index (κ3) is 2.99. The molecule has 0 aliphatic carbocycles. The molecule has 6 nitrogen and oxygen atoms in total. The van der Waals surface area contributed by atoms with E-state index in [9.17, 15) is 4.79 Å². The molecule has 1 atom stereocenters. The Labute approximate surface area is 153 Å². The molecule has 26 heavy (non-hydrogen) atoms. The number of benzene rings is 1. The number of likely N-dealkylation sites (tertiary alicyclic amines) is 1. The third-order valence-corrected chi connectivity index (χ3v) is 5.76. The van der Waals surface area contributed by atoms with Gasteiger partial charge in [0.1, 0.15) is 0 Å². The first-order chi connectivity index (χ1) is 12.7. The second-order valence-electron chi connectivity index (χ2n) is 7.21. The van der Waals surface area contributed by atoms with Crippen LogP contribution in [-0.2, 0) is 4.79 Å². The summed E-state index contributed by atoms with van der Waals surface area (Å²) in [6.45, 7) is 4.72. The number of carbonyl (C=O) groups excluding carboxylic acids is 1. The van der Waals surface area contributed by atoms with E-state index in [4.69, 9.17) is 5.26 Å². The molecule has 0 spiro atoms. The number of amides is 1. The maximum atomic E-state index is 12.9. The Hall–Kier alpha value is -2.65. The fourth-order valence-corrected chi connectivity index (χ4v) is 4.27. The number of nitrogens with one attached hydrogen (secondary N) is 1. The van der Waals surface area contributed by atoms with Crippen LogP contribution in [-0.4, -0.2) is 46.7 Å². The molecule has 1 N–H and O–H groups in total. The van der Waals surface area contributed by atoms with Crippen LogP contribution in [0.25, 0.3) is 0 Å². The highest BCUT2D eigenvalue weighted by Gasteiger charge is 2.38.